The molecule has 0 spiro atoms. The van der Waals surface area contributed by atoms with Crippen molar-refractivity contribution in [3.05, 3.63) is 100 Å². The van der Waals surface area contributed by atoms with Crippen LogP contribution in [0.4, 0.5) is 0 Å². The minimum absolute atomic E-state index is 0.434. The Morgan fingerprint density at radius 3 is 2.48 bits per heavy atom. The van der Waals surface area contributed by atoms with E-state index in [0.717, 1.165) is 22.7 Å². The number of nitrogens with zero attached hydrogens (tertiary/aromatic N) is 2. The van der Waals surface area contributed by atoms with Gasteiger partial charge in [-0.15, -0.1) is 0 Å². The lowest BCUT2D eigenvalue weighted by Crippen LogP contribution is -1.98. The maximum atomic E-state index is 10.7. The van der Waals surface area contributed by atoms with E-state index in [9.17, 15) is 10.1 Å². The van der Waals surface area contributed by atoms with Crippen LogP contribution in [0.2, 0.25) is 0 Å². The zero-order valence-corrected chi connectivity index (χ0v) is 13.5. The zero-order valence-electron chi connectivity index (χ0n) is 13.5. The van der Waals surface area contributed by atoms with Crippen molar-refractivity contribution < 1.29 is 4.92 Å². The lowest BCUT2D eigenvalue weighted by atomic mass is 10.0. The van der Waals surface area contributed by atoms with Gasteiger partial charge in [0.15, 0.2) is 0 Å². The molecule has 0 aliphatic heterocycles. The first-order valence-corrected chi connectivity index (χ1v) is 8.08. The Hall–Kier alpha value is -3.40. The van der Waals surface area contributed by atoms with Gasteiger partial charge in [0, 0.05) is 35.3 Å². The summed E-state index contributed by atoms with van der Waals surface area (Å²) in [7, 11) is 0. The van der Waals surface area contributed by atoms with Gasteiger partial charge >= 0.3 is 0 Å². The maximum absolute atomic E-state index is 10.7. The predicted octanol–water partition coefficient (Wildman–Crippen LogP) is 5.09. The zero-order chi connectivity index (χ0) is 17.2. The van der Waals surface area contributed by atoms with Crippen molar-refractivity contribution in [2.24, 2.45) is 0 Å². The average molecular weight is 328 g/mol. The third-order valence-electron chi connectivity index (χ3n) is 4.42. The van der Waals surface area contributed by atoms with Crippen LogP contribution in [-0.4, -0.2) is 9.49 Å². The molecule has 1 aromatic heterocycles. The summed E-state index contributed by atoms with van der Waals surface area (Å²) in [6, 6.07) is 22.6. The van der Waals surface area contributed by atoms with Crippen LogP contribution in [0.3, 0.4) is 0 Å². The second-order valence-corrected chi connectivity index (χ2v) is 5.97. The van der Waals surface area contributed by atoms with E-state index in [-0.39, 0.29) is 0 Å². The Labute approximate surface area is 144 Å². The highest BCUT2D eigenvalue weighted by Crippen LogP contribution is 2.26. The van der Waals surface area contributed by atoms with Crippen LogP contribution >= 0.6 is 0 Å². The van der Waals surface area contributed by atoms with Gasteiger partial charge in [0.1, 0.15) is 0 Å². The number of nitro groups is 1. The standard InChI is InChI=1S/C21H16N2O2/c24-23(25)13-12-18-15-22(21-11-4-3-10-20(18)21)14-17-8-5-7-16-6-1-2-9-19(16)17/h1-13,15H,14H2. The molecule has 0 amide bonds. The molecule has 0 fully saturated rings. The van der Waals surface area contributed by atoms with Crippen molar-refractivity contribution in [1.29, 1.82) is 0 Å². The summed E-state index contributed by atoms with van der Waals surface area (Å²) in [5.74, 6) is 0. The van der Waals surface area contributed by atoms with Crippen molar-refractivity contribution >= 4 is 27.8 Å². The van der Waals surface area contributed by atoms with Gasteiger partial charge in [0.25, 0.3) is 0 Å². The smallest absolute Gasteiger partial charge is 0.235 e. The second kappa shape index (κ2) is 6.24. The molecule has 0 unspecified atom stereocenters. The normalized spacial score (nSPS) is 11.5. The monoisotopic (exact) mass is 328 g/mol. The minimum Gasteiger partial charge on any atom is -0.342 e. The van der Waals surface area contributed by atoms with Crippen LogP contribution in [0.5, 0.6) is 0 Å². The van der Waals surface area contributed by atoms with Gasteiger partial charge in [0.05, 0.1) is 4.92 Å². The lowest BCUT2D eigenvalue weighted by Gasteiger charge is -2.09. The molecule has 25 heavy (non-hydrogen) atoms. The van der Waals surface area contributed by atoms with Crippen LogP contribution in [0.1, 0.15) is 11.1 Å². The quantitative estimate of drug-likeness (QED) is 0.387. The molecular formula is C21H16N2O2. The Morgan fingerprint density at radius 1 is 0.920 bits per heavy atom. The molecule has 4 nitrogen and oxygen atoms in total. The summed E-state index contributed by atoms with van der Waals surface area (Å²) in [5, 5.41) is 14.1. The highest BCUT2D eigenvalue weighted by molar-refractivity contribution is 5.90. The van der Waals surface area contributed by atoms with Gasteiger partial charge in [-0.25, -0.2) is 0 Å². The summed E-state index contributed by atoms with van der Waals surface area (Å²) in [6.45, 7) is 0.716. The SMILES string of the molecule is O=[N+]([O-])C=Cc1cn(Cc2cccc3ccccc23)c2ccccc12. The molecule has 0 bridgehead atoms. The van der Waals surface area contributed by atoms with E-state index in [2.05, 4.69) is 34.9 Å². The van der Waals surface area contributed by atoms with Crippen molar-refractivity contribution in [3.8, 4) is 0 Å². The molecule has 0 saturated carbocycles. The topological polar surface area (TPSA) is 48.1 Å². The molecule has 122 valence electrons. The molecule has 0 N–H and O–H groups in total. The predicted molar refractivity (Wildman–Crippen MR) is 101 cm³/mol. The Balaban J connectivity index is 1.83. The van der Waals surface area contributed by atoms with Gasteiger partial charge in [0.2, 0.25) is 6.20 Å². The number of para-hydroxylation sites is 1. The van der Waals surface area contributed by atoms with E-state index >= 15 is 0 Å². The number of rotatable bonds is 4. The summed E-state index contributed by atoms with van der Waals surface area (Å²) in [5.41, 5.74) is 3.15. The number of fused-ring (bicyclic) bond motifs is 2. The third kappa shape index (κ3) is 2.90. The lowest BCUT2D eigenvalue weighted by molar-refractivity contribution is -0.400. The average Bonchev–Trinajstić information content (AvgIpc) is 2.98. The number of hydrogen-bond donors (Lipinski definition) is 0. The summed E-state index contributed by atoms with van der Waals surface area (Å²) < 4.78 is 2.15. The largest absolute Gasteiger partial charge is 0.342 e. The van der Waals surface area contributed by atoms with E-state index in [1.807, 2.05) is 42.6 Å². The fraction of sp³-hybridized carbons (Fsp3) is 0.0476. The molecule has 0 atom stereocenters. The number of hydrogen-bond acceptors (Lipinski definition) is 2. The van der Waals surface area contributed by atoms with Crippen molar-refractivity contribution in [2.45, 2.75) is 6.54 Å². The van der Waals surface area contributed by atoms with Gasteiger partial charge in [-0.1, -0.05) is 60.7 Å². The van der Waals surface area contributed by atoms with Gasteiger partial charge in [-0.3, -0.25) is 10.1 Å². The second-order valence-electron chi connectivity index (χ2n) is 5.97. The molecule has 3 aromatic carbocycles. The molecule has 0 saturated heterocycles. The molecule has 0 aliphatic carbocycles. The van der Waals surface area contributed by atoms with Gasteiger partial charge in [-0.05, 0) is 22.4 Å². The van der Waals surface area contributed by atoms with Crippen molar-refractivity contribution in [1.82, 2.24) is 4.57 Å². The Morgan fingerprint density at radius 2 is 1.64 bits per heavy atom. The molecular weight excluding hydrogens is 312 g/mol. The Kier molecular flexibility index (Phi) is 3.78. The number of benzene rings is 3. The van der Waals surface area contributed by atoms with E-state index in [1.165, 1.54) is 16.3 Å². The third-order valence-corrected chi connectivity index (χ3v) is 4.42. The first kappa shape index (κ1) is 15.1. The van der Waals surface area contributed by atoms with Crippen molar-refractivity contribution in [3.63, 3.8) is 0 Å². The van der Waals surface area contributed by atoms with E-state index < -0.39 is 4.92 Å². The fourth-order valence-electron chi connectivity index (χ4n) is 3.29. The molecule has 4 heteroatoms. The highest BCUT2D eigenvalue weighted by Gasteiger charge is 2.09. The van der Waals surface area contributed by atoms with E-state index in [1.54, 1.807) is 6.08 Å². The molecule has 4 rings (SSSR count). The minimum atomic E-state index is -0.434. The van der Waals surface area contributed by atoms with Gasteiger partial charge in [-0.2, -0.15) is 0 Å². The number of aromatic nitrogens is 1. The molecule has 4 aromatic rings. The maximum Gasteiger partial charge on any atom is 0.235 e. The summed E-state index contributed by atoms with van der Waals surface area (Å²) in [4.78, 5) is 10.2. The highest BCUT2D eigenvalue weighted by atomic mass is 16.6. The first-order chi connectivity index (χ1) is 12.2. The van der Waals surface area contributed by atoms with Crippen LogP contribution in [0.25, 0.3) is 27.8 Å². The molecule has 0 radical (unpaired) electrons. The molecule has 0 aliphatic rings. The van der Waals surface area contributed by atoms with Gasteiger partial charge < -0.3 is 4.57 Å². The summed E-state index contributed by atoms with van der Waals surface area (Å²) >= 11 is 0. The first-order valence-electron chi connectivity index (χ1n) is 8.08. The fourth-order valence-corrected chi connectivity index (χ4v) is 3.29. The summed E-state index contributed by atoms with van der Waals surface area (Å²) in [6.07, 6.45) is 4.53. The molecule has 1 heterocycles. The van der Waals surface area contributed by atoms with E-state index in [0.29, 0.717) is 6.54 Å². The van der Waals surface area contributed by atoms with Crippen LogP contribution in [-0.2, 0) is 6.54 Å². The van der Waals surface area contributed by atoms with Crippen molar-refractivity contribution in [2.75, 3.05) is 0 Å². The van der Waals surface area contributed by atoms with Crippen LogP contribution in [0.15, 0.2) is 79.1 Å². The van der Waals surface area contributed by atoms with Crippen LogP contribution in [0, 0.1) is 10.1 Å². The Bertz CT molecular complexity index is 1100. The van der Waals surface area contributed by atoms with E-state index in [4.69, 9.17) is 0 Å². The van der Waals surface area contributed by atoms with Crippen LogP contribution < -0.4 is 0 Å².